The number of methoxy groups -OCH3 is 1. The van der Waals surface area contributed by atoms with Crippen LogP contribution in [0, 0.1) is 23.1 Å². The smallest absolute Gasteiger partial charge is 0.307 e. The zero-order valence-electron chi connectivity index (χ0n) is 14.9. The Morgan fingerprint density at radius 2 is 1.82 bits per heavy atom. The van der Waals surface area contributed by atoms with E-state index in [9.17, 15) is 9.59 Å². The van der Waals surface area contributed by atoms with Gasteiger partial charge in [-0.3, -0.25) is 4.79 Å². The summed E-state index contributed by atoms with van der Waals surface area (Å²) in [5.41, 5.74) is 0. The van der Waals surface area contributed by atoms with Crippen molar-refractivity contribution in [1.29, 1.82) is 5.26 Å². The Morgan fingerprint density at radius 1 is 1.23 bits per heavy atom. The fourth-order valence-electron chi connectivity index (χ4n) is 2.00. The van der Waals surface area contributed by atoms with Crippen LogP contribution in [0.25, 0.3) is 0 Å². The highest BCUT2D eigenvalue weighted by Crippen LogP contribution is 2.18. The molecule has 126 valence electrons. The van der Waals surface area contributed by atoms with Crippen LogP contribution in [-0.4, -0.2) is 26.1 Å². The molecule has 4 nitrogen and oxygen atoms in total. The standard InChI is InChI=1S/C13H22BNO3.C4H10/c1-4-5-6-12(9-16)8-14(10-15)7-11(2)13(17)18-3;1-3-4-2/h9,11-12H,4-8H2,1-3H3;3-4H2,1-2H3. The molecule has 0 rings (SSSR count). The summed E-state index contributed by atoms with van der Waals surface area (Å²) in [6, 6.07) is 0. The van der Waals surface area contributed by atoms with Gasteiger partial charge in [0.05, 0.1) is 7.11 Å². The number of hydrogen-bond acceptors (Lipinski definition) is 4. The van der Waals surface area contributed by atoms with E-state index < -0.39 is 0 Å². The third-order valence-corrected chi connectivity index (χ3v) is 3.63. The van der Waals surface area contributed by atoms with Gasteiger partial charge in [0.1, 0.15) is 6.29 Å². The normalized spacial score (nSPS) is 12.2. The Balaban J connectivity index is 0. The molecule has 2 atom stereocenters. The van der Waals surface area contributed by atoms with Crippen molar-refractivity contribution in [2.45, 2.75) is 72.4 Å². The lowest BCUT2D eigenvalue weighted by molar-refractivity contribution is -0.144. The maximum atomic E-state index is 11.3. The van der Waals surface area contributed by atoms with Crippen LogP contribution in [0.3, 0.4) is 0 Å². The molecule has 22 heavy (non-hydrogen) atoms. The molecule has 0 aromatic rings. The van der Waals surface area contributed by atoms with Crippen molar-refractivity contribution in [3.05, 3.63) is 0 Å². The number of rotatable bonds is 10. The second kappa shape index (κ2) is 16.1. The van der Waals surface area contributed by atoms with E-state index in [0.717, 1.165) is 25.5 Å². The van der Waals surface area contributed by atoms with Gasteiger partial charge in [-0.25, -0.2) is 5.26 Å². The van der Waals surface area contributed by atoms with E-state index in [1.807, 2.05) is 0 Å². The molecule has 0 bridgehead atoms. The fraction of sp³-hybridized carbons (Fsp3) is 0.824. The van der Waals surface area contributed by atoms with Crippen LogP contribution in [0.5, 0.6) is 0 Å². The van der Waals surface area contributed by atoms with Crippen molar-refractivity contribution in [2.75, 3.05) is 7.11 Å². The predicted octanol–water partition coefficient (Wildman–Crippen LogP) is 4.16. The first-order valence-electron chi connectivity index (χ1n) is 8.43. The highest BCUT2D eigenvalue weighted by Gasteiger charge is 2.25. The van der Waals surface area contributed by atoms with Gasteiger partial charge in [-0.2, -0.15) is 0 Å². The lowest BCUT2D eigenvalue weighted by atomic mass is 9.42. The number of nitriles is 1. The molecule has 0 saturated carbocycles. The minimum atomic E-state index is -0.300. The SMILES string of the molecule is CCCC.CCCCC(C=O)CB(C#N)CC(C)C(=O)OC. The first kappa shape index (κ1) is 23.0. The van der Waals surface area contributed by atoms with Crippen LogP contribution in [-0.2, 0) is 14.3 Å². The van der Waals surface area contributed by atoms with E-state index in [1.54, 1.807) is 6.92 Å². The van der Waals surface area contributed by atoms with Crippen molar-refractivity contribution >= 4 is 19.0 Å². The third kappa shape index (κ3) is 12.4. The van der Waals surface area contributed by atoms with Gasteiger partial charge in [-0.15, -0.1) is 0 Å². The molecule has 5 heteroatoms. The van der Waals surface area contributed by atoms with E-state index in [2.05, 4.69) is 31.5 Å². The number of carbonyl (C=O) groups is 2. The first-order valence-corrected chi connectivity index (χ1v) is 8.43. The highest BCUT2D eigenvalue weighted by atomic mass is 16.5. The molecular weight excluding hydrogens is 277 g/mol. The lowest BCUT2D eigenvalue weighted by Crippen LogP contribution is -2.23. The molecule has 0 amide bonds. The van der Waals surface area contributed by atoms with E-state index in [0.29, 0.717) is 12.6 Å². The molecular formula is C17H32BNO3. The molecule has 0 N–H and O–H groups in total. The Bertz CT molecular complexity index is 326. The third-order valence-electron chi connectivity index (χ3n) is 3.63. The van der Waals surface area contributed by atoms with Gasteiger partial charge in [0.2, 0.25) is 0 Å². The molecule has 0 aliphatic carbocycles. The number of esters is 1. The van der Waals surface area contributed by atoms with Gasteiger partial charge in [0.25, 0.3) is 6.71 Å². The van der Waals surface area contributed by atoms with Gasteiger partial charge in [-0.05, 0) is 12.7 Å². The Labute approximate surface area is 136 Å². The van der Waals surface area contributed by atoms with E-state index >= 15 is 0 Å². The summed E-state index contributed by atoms with van der Waals surface area (Å²) < 4.78 is 4.64. The maximum Gasteiger partial charge on any atom is 0.307 e. The van der Waals surface area contributed by atoms with Crippen LogP contribution < -0.4 is 0 Å². The first-order chi connectivity index (χ1) is 10.5. The van der Waals surface area contributed by atoms with Crippen molar-refractivity contribution in [3.8, 4) is 5.97 Å². The lowest BCUT2D eigenvalue weighted by Gasteiger charge is -2.14. The molecule has 0 spiro atoms. The molecule has 2 unspecified atom stereocenters. The van der Waals surface area contributed by atoms with Crippen LogP contribution >= 0.6 is 0 Å². The van der Waals surface area contributed by atoms with Gasteiger partial charge < -0.3 is 9.53 Å². The fourth-order valence-corrected chi connectivity index (χ4v) is 2.00. The Morgan fingerprint density at radius 3 is 2.18 bits per heavy atom. The predicted molar refractivity (Wildman–Crippen MR) is 91.8 cm³/mol. The van der Waals surface area contributed by atoms with Crippen LogP contribution in [0.2, 0.25) is 12.6 Å². The molecule has 0 fully saturated rings. The highest BCUT2D eigenvalue weighted by molar-refractivity contribution is 6.67. The average Bonchev–Trinajstić information content (AvgIpc) is 2.56. The molecule has 0 aliphatic rings. The van der Waals surface area contributed by atoms with Gasteiger partial charge in [-0.1, -0.05) is 59.7 Å². The van der Waals surface area contributed by atoms with Gasteiger partial charge >= 0.3 is 5.97 Å². The number of carbonyl (C=O) groups excluding carboxylic acids is 2. The Hall–Kier alpha value is -1.31. The second-order valence-electron chi connectivity index (χ2n) is 5.76. The van der Waals surface area contributed by atoms with Crippen LogP contribution in [0.4, 0.5) is 0 Å². The molecule has 0 aliphatic heterocycles. The maximum absolute atomic E-state index is 11.3. The molecule has 0 aromatic carbocycles. The Kier molecular flexibility index (Phi) is 16.8. The summed E-state index contributed by atoms with van der Waals surface area (Å²) in [5, 5.41) is 9.08. The topological polar surface area (TPSA) is 67.2 Å². The van der Waals surface area contributed by atoms with E-state index in [4.69, 9.17) is 5.26 Å². The minimum Gasteiger partial charge on any atom is -0.469 e. The van der Waals surface area contributed by atoms with E-state index in [1.165, 1.54) is 20.0 Å². The molecule has 0 radical (unpaired) electrons. The van der Waals surface area contributed by atoms with Crippen LogP contribution in [0.1, 0.15) is 59.8 Å². The zero-order valence-corrected chi connectivity index (χ0v) is 14.9. The number of aldehydes is 1. The molecule has 0 heterocycles. The molecule has 0 aromatic heterocycles. The summed E-state index contributed by atoms with van der Waals surface area (Å²) in [7, 11) is 1.34. The van der Waals surface area contributed by atoms with E-state index in [-0.39, 0.29) is 24.5 Å². The summed E-state index contributed by atoms with van der Waals surface area (Å²) >= 11 is 0. The van der Waals surface area contributed by atoms with Crippen molar-refractivity contribution in [2.24, 2.45) is 11.8 Å². The summed E-state index contributed by atoms with van der Waals surface area (Å²) in [6.45, 7) is 7.92. The van der Waals surface area contributed by atoms with Crippen molar-refractivity contribution in [3.63, 3.8) is 0 Å². The average molecular weight is 309 g/mol. The summed E-state index contributed by atoms with van der Waals surface area (Å²) in [5.74, 6) is 1.52. The molecule has 0 saturated heterocycles. The minimum absolute atomic E-state index is 0.0700. The quantitative estimate of drug-likeness (QED) is 0.345. The zero-order chi connectivity index (χ0) is 17.4. The largest absolute Gasteiger partial charge is 0.469 e. The number of hydrogen-bond donors (Lipinski definition) is 0. The van der Waals surface area contributed by atoms with Gasteiger partial charge in [0, 0.05) is 17.8 Å². The summed E-state index contributed by atoms with van der Waals surface area (Å²) in [4.78, 5) is 22.2. The van der Waals surface area contributed by atoms with Crippen LogP contribution in [0.15, 0.2) is 0 Å². The van der Waals surface area contributed by atoms with Crippen molar-refractivity contribution in [1.82, 2.24) is 0 Å². The van der Waals surface area contributed by atoms with Gasteiger partial charge in [0.15, 0.2) is 0 Å². The van der Waals surface area contributed by atoms with Crippen molar-refractivity contribution < 1.29 is 14.3 Å². The number of ether oxygens (including phenoxy) is 1. The second-order valence-corrected chi connectivity index (χ2v) is 5.76. The monoisotopic (exact) mass is 309 g/mol. The summed E-state index contributed by atoms with van der Waals surface area (Å²) in [6.07, 6.45) is 7.43. The number of nitrogens with zero attached hydrogens (tertiary/aromatic N) is 1. The number of unbranched alkanes of at least 4 members (excludes halogenated alkanes) is 2.